The molecule has 2 aliphatic heterocycles. The maximum absolute atomic E-state index is 13.1. The molecule has 0 radical (unpaired) electrons. The number of benzene rings is 1. The third-order valence-corrected chi connectivity index (χ3v) is 9.09. The van der Waals surface area contributed by atoms with Crippen molar-refractivity contribution < 1.29 is 33.3 Å². The van der Waals surface area contributed by atoms with Crippen molar-refractivity contribution in [2.24, 2.45) is 17.8 Å². The van der Waals surface area contributed by atoms with Gasteiger partial charge in [-0.2, -0.15) is 4.80 Å². The zero-order chi connectivity index (χ0) is 30.5. The van der Waals surface area contributed by atoms with E-state index in [9.17, 15) is 14.4 Å². The van der Waals surface area contributed by atoms with Crippen LogP contribution in [-0.2, 0) is 23.8 Å². The molecule has 3 aliphatic rings. The fourth-order valence-corrected chi connectivity index (χ4v) is 6.99. The highest BCUT2D eigenvalue weighted by Crippen LogP contribution is 2.42. The molecule has 6 atom stereocenters. The zero-order valence-corrected chi connectivity index (χ0v) is 25.4. The number of hydrogen-bond acceptors (Lipinski definition) is 11. The van der Waals surface area contributed by atoms with Crippen LogP contribution in [0.5, 0.6) is 5.75 Å². The van der Waals surface area contributed by atoms with Gasteiger partial charge in [-0.05, 0) is 93.2 Å². The molecular formula is C30H42N6O7. The van der Waals surface area contributed by atoms with E-state index in [1.165, 1.54) is 12.0 Å². The minimum atomic E-state index is -0.644. The normalized spacial score (nSPS) is 27.3. The summed E-state index contributed by atoms with van der Waals surface area (Å²) in [6.45, 7) is 5.98. The molecule has 1 saturated carbocycles. The van der Waals surface area contributed by atoms with Crippen LogP contribution < -0.4 is 4.74 Å². The minimum Gasteiger partial charge on any atom is -0.497 e. The van der Waals surface area contributed by atoms with Gasteiger partial charge in [-0.1, -0.05) is 0 Å². The summed E-state index contributed by atoms with van der Waals surface area (Å²) in [5, 5.41) is 13.3. The Hall–Kier alpha value is -3.74. The highest BCUT2D eigenvalue weighted by molar-refractivity contribution is 5.81. The molecule has 13 nitrogen and oxygen atoms in total. The minimum absolute atomic E-state index is 0.123. The SMILES string of the molecule is CCOC(=O)C1CC(n2nnc(-c3ccc(OC)cc3)n2)CN1CC1CCC2CN(C(=O)OC)C(C(=O)OCC)CC2C1. The number of carbonyl (C=O) groups is 3. The molecule has 0 N–H and O–H groups in total. The molecule has 3 fully saturated rings. The molecule has 234 valence electrons. The second-order valence-corrected chi connectivity index (χ2v) is 11.6. The van der Waals surface area contributed by atoms with Crippen LogP contribution in [0.25, 0.3) is 11.4 Å². The molecule has 13 heteroatoms. The van der Waals surface area contributed by atoms with Crippen LogP contribution in [0, 0.1) is 17.8 Å². The van der Waals surface area contributed by atoms with Gasteiger partial charge in [-0.25, -0.2) is 9.59 Å². The predicted octanol–water partition coefficient (Wildman–Crippen LogP) is 2.96. The molecule has 1 aliphatic carbocycles. The zero-order valence-electron chi connectivity index (χ0n) is 25.4. The Morgan fingerprint density at radius 2 is 1.60 bits per heavy atom. The van der Waals surface area contributed by atoms with Gasteiger partial charge in [-0.3, -0.25) is 14.6 Å². The monoisotopic (exact) mass is 598 g/mol. The maximum Gasteiger partial charge on any atom is 0.410 e. The molecular weight excluding hydrogens is 556 g/mol. The lowest BCUT2D eigenvalue weighted by Gasteiger charge is -2.46. The third kappa shape index (κ3) is 6.76. The first-order valence-electron chi connectivity index (χ1n) is 15.2. The summed E-state index contributed by atoms with van der Waals surface area (Å²) in [5.74, 6) is 1.56. The van der Waals surface area contributed by atoms with Crippen molar-refractivity contribution in [3.05, 3.63) is 24.3 Å². The second-order valence-electron chi connectivity index (χ2n) is 11.6. The Labute approximate surface area is 251 Å². The number of ether oxygens (including phenoxy) is 4. The fourth-order valence-electron chi connectivity index (χ4n) is 6.99. The van der Waals surface area contributed by atoms with Gasteiger partial charge >= 0.3 is 18.0 Å². The molecule has 0 spiro atoms. The number of rotatable bonds is 9. The number of methoxy groups -OCH3 is 2. The van der Waals surface area contributed by atoms with Crippen LogP contribution in [0.2, 0.25) is 0 Å². The van der Waals surface area contributed by atoms with Crippen LogP contribution in [-0.4, -0.2) is 107 Å². The van der Waals surface area contributed by atoms with Crippen molar-refractivity contribution in [1.29, 1.82) is 0 Å². The van der Waals surface area contributed by atoms with Gasteiger partial charge in [0.1, 0.15) is 17.8 Å². The molecule has 2 saturated heterocycles. The molecule has 3 heterocycles. The van der Waals surface area contributed by atoms with Gasteiger partial charge < -0.3 is 18.9 Å². The fraction of sp³-hybridized carbons (Fsp3) is 0.667. The average Bonchev–Trinajstić information content (AvgIpc) is 3.68. The van der Waals surface area contributed by atoms with Gasteiger partial charge in [0.2, 0.25) is 5.82 Å². The number of carbonyl (C=O) groups excluding carboxylic acids is 3. The lowest BCUT2D eigenvalue weighted by atomic mass is 9.69. The first kappa shape index (κ1) is 30.7. The number of tetrazole rings is 1. The molecule has 1 amide bonds. The summed E-state index contributed by atoms with van der Waals surface area (Å²) in [6, 6.07) is 6.32. The number of likely N-dealkylation sites (tertiary alicyclic amines) is 2. The molecule has 5 rings (SSSR count). The number of amides is 1. The van der Waals surface area contributed by atoms with Gasteiger partial charge in [0.25, 0.3) is 0 Å². The Balaban J connectivity index is 1.27. The van der Waals surface area contributed by atoms with E-state index in [-0.39, 0.29) is 30.5 Å². The smallest absolute Gasteiger partial charge is 0.410 e. The lowest BCUT2D eigenvalue weighted by Crippen LogP contribution is -2.55. The van der Waals surface area contributed by atoms with E-state index in [4.69, 9.17) is 18.9 Å². The van der Waals surface area contributed by atoms with E-state index < -0.39 is 18.2 Å². The van der Waals surface area contributed by atoms with Gasteiger partial charge in [0.05, 0.1) is 33.5 Å². The number of piperidine rings is 1. The third-order valence-electron chi connectivity index (χ3n) is 9.09. The summed E-state index contributed by atoms with van der Waals surface area (Å²) in [4.78, 5) is 43.7. The van der Waals surface area contributed by atoms with Crippen LogP contribution in [0.1, 0.15) is 52.0 Å². The number of hydrogen-bond donors (Lipinski definition) is 0. The number of nitrogens with zero attached hydrogens (tertiary/aromatic N) is 6. The van der Waals surface area contributed by atoms with Crippen molar-refractivity contribution in [2.75, 3.05) is 47.1 Å². The summed E-state index contributed by atoms with van der Waals surface area (Å²) < 4.78 is 21.0. The second kappa shape index (κ2) is 13.7. The predicted molar refractivity (Wildman–Crippen MR) is 154 cm³/mol. The standard InChI is InChI=1S/C30H42N6O7/c1-5-42-28(37)25-15-23(36-32-27(31-33-36)20-9-11-24(40-3)12-10-20)18-34(25)16-19-7-8-21-17-35(30(39)41-4)26(14-22(21)13-19)29(38)43-6-2/h9-12,19,21-23,25-26H,5-8,13-18H2,1-4H3. The van der Waals surface area contributed by atoms with Gasteiger partial charge in [0.15, 0.2) is 0 Å². The summed E-state index contributed by atoms with van der Waals surface area (Å²) in [6.07, 6.45) is 3.42. The van der Waals surface area contributed by atoms with Gasteiger partial charge in [-0.15, -0.1) is 10.2 Å². The van der Waals surface area contributed by atoms with Crippen LogP contribution in [0.15, 0.2) is 24.3 Å². The summed E-state index contributed by atoms with van der Waals surface area (Å²) in [7, 11) is 2.96. The molecule has 2 aromatic rings. The van der Waals surface area contributed by atoms with Crippen LogP contribution in [0.4, 0.5) is 4.79 Å². The van der Waals surface area contributed by atoms with E-state index in [0.717, 1.165) is 37.1 Å². The van der Waals surface area contributed by atoms with Crippen LogP contribution in [0.3, 0.4) is 0 Å². The highest BCUT2D eigenvalue weighted by atomic mass is 16.6. The number of fused-ring (bicyclic) bond motifs is 1. The first-order chi connectivity index (χ1) is 20.8. The van der Waals surface area contributed by atoms with E-state index >= 15 is 0 Å². The van der Waals surface area contributed by atoms with Crippen molar-refractivity contribution in [1.82, 2.24) is 30.0 Å². The average molecular weight is 599 g/mol. The van der Waals surface area contributed by atoms with Crippen molar-refractivity contribution in [3.63, 3.8) is 0 Å². The summed E-state index contributed by atoms with van der Waals surface area (Å²) in [5.41, 5.74) is 0.833. The highest BCUT2D eigenvalue weighted by Gasteiger charge is 2.46. The Kier molecular flexibility index (Phi) is 9.79. The maximum atomic E-state index is 13.1. The molecule has 1 aromatic heterocycles. The van der Waals surface area contributed by atoms with E-state index in [2.05, 4.69) is 20.3 Å². The Morgan fingerprint density at radius 3 is 2.28 bits per heavy atom. The quantitative estimate of drug-likeness (QED) is 0.311. The van der Waals surface area contributed by atoms with Crippen molar-refractivity contribution in [2.45, 2.75) is 64.1 Å². The Morgan fingerprint density at radius 1 is 0.884 bits per heavy atom. The molecule has 43 heavy (non-hydrogen) atoms. The first-order valence-corrected chi connectivity index (χ1v) is 15.2. The molecule has 0 bridgehead atoms. The molecule has 6 unspecified atom stereocenters. The lowest BCUT2D eigenvalue weighted by molar-refractivity contribution is -0.153. The number of esters is 2. The van der Waals surface area contributed by atoms with Crippen molar-refractivity contribution in [3.8, 4) is 17.1 Å². The van der Waals surface area contributed by atoms with E-state index in [1.54, 1.807) is 18.8 Å². The summed E-state index contributed by atoms with van der Waals surface area (Å²) >= 11 is 0. The topological polar surface area (TPSA) is 138 Å². The molecule has 1 aromatic carbocycles. The number of aromatic nitrogens is 4. The van der Waals surface area contributed by atoms with E-state index in [0.29, 0.717) is 50.2 Å². The van der Waals surface area contributed by atoms with E-state index in [1.807, 2.05) is 31.2 Å². The van der Waals surface area contributed by atoms with Gasteiger partial charge in [0, 0.05) is 25.2 Å². The van der Waals surface area contributed by atoms with Crippen LogP contribution >= 0.6 is 0 Å². The largest absolute Gasteiger partial charge is 0.497 e. The van der Waals surface area contributed by atoms with Crippen molar-refractivity contribution >= 4 is 18.0 Å². The Bertz CT molecular complexity index is 1270.